The first kappa shape index (κ1) is 19.6. The maximum absolute atomic E-state index is 12.8. The summed E-state index contributed by atoms with van der Waals surface area (Å²) in [5, 5.41) is 0. The largest absolute Gasteiger partial charge is 0.495 e. The van der Waals surface area contributed by atoms with Gasteiger partial charge in [0.15, 0.2) is 0 Å². The first-order chi connectivity index (χ1) is 12.4. The van der Waals surface area contributed by atoms with E-state index in [1.807, 2.05) is 13.8 Å². The molecule has 146 valence electrons. The molecule has 1 N–H and O–H groups in total. The van der Waals surface area contributed by atoms with Gasteiger partial charge >= 0.3 is 0 Å². The van der Waals surface area contributed by atoms with Crippen LogP contribution in [0.25, 0.3) is 0 Å². The third-order valence-corrected chi connectivity index (χ3v) is 7.57. The number of rotatable bonds is 6. The van der Waals surface area contributed by atoms with E-state index in [1.54, 1.807) is 12.1 Å². The molecule has 0 spiro atoms. The molecule has 3 rings (SSSR count). The number of hydrogen-bond donors (Lipinski definition) is 1. The highest BCUT2D eigenvalue weighted by atomic mass is 32.2. The molecule has 0 aromatic heterocycles. The number of nitrogens with zero attached hydrogens (tertiary/aromatic N) is 1. The van der Waals surface area contributed by atoms with Crippen molar-refractivity contribution in [3.05, 3.63) is 23.3 Å². The smallest absolute Gasteiger partial charge is 0.244 e. The van der Waals surface area contributed by atoms with Crippen LogP contribution in [0.5, 0.6) is 5.75 Å². The third kappa shape index (κ3) is 4.41. The lowest BCUT2D eigenvalue weighted by Crippen LogP contribution is -2.42. The van der Waals surface area contributed by atoms with Gasteiger partial charge in [0, 0.05) is 12.6 Å². The molecular weight excluding hydrogens is 348 g/mol. The van der Waals surface area contributed by atoms with Crippen molar-refractivity contribution in [3.63, 3.8) is 0 Å². The Hall–Kier alpha value is -1.11. The quantitative estimate of drug-likeness (QED) is 0.823. The lowest BCUT2D eigenvalue weighted by molar-refractivity contribution is 0.135. The van der Waals surface area contributed by atoms with Crippen LogP contribution >= 0.6 is 0 Å². The second kappa shape index (κ2) is 8.28. The predicted molar refractivity (Wildman–Crippen MR) is 104 cm³/mol. The van der Waals surface area contributed by atoms with Crippen LogP contribution in [0.4, 0.5) is 0 Å². The summed E-state index contributed by atoms with van der Waals surface area (Å²) in [6.07, 6.45) is 7.55. The molecule has 0 unspecified atom stereocenters. The van der Waals surface area contributed by atoms with Crippen molar-refractivity contribution in [2.75, 3.05) is 26.7 Å². The van der Waals surface area contributed by atoms with Crippen LogP contribution in [-0.2, 0) is 10.0 Å². The Kier molecular flexibility index (Phi) is 6.25. The Morgan fingerprint density at radius 2 is 1.69 bits per heavy atom. The number of aryl methyl sites for hydroxylation is 2. The zero-order chi connectivity index (χ0) is 18.7. The van der Waals surface area contributed by atoms with Crippen LogP contribution in [-0.4, -0.2) is 46.1 Å². The van der Waals surface area contributed by atoms with E-state index >= 15 is 0 Å². The highest BCUT2D eigenvalue weighted by molar-refractivity contribution is 7.89. The van der Waals surface area contributed by atoms with Crippen molar-refractivity contribution in [1.29, 1.82) is 0 Å². The number of ether oxygens (including phenoxy) is 1. The number of benzene rings is 1. The van der Waals surface area contributed by atoms with Crippen molar-refractivity contribution in [1.82, 2.24) is 9.62 Å². The number of nitrogens with one attached hydrogen (secondary N) is 1. The molecule has 2 aliphatic rings. The molecular formula is C20H32N2O3S. The van der Waals surface area contributed by atoms with Crippen molar-refractivity contribution < 1.29 is 13.2 Å². The molecule has 0 bridgehead atoms. The minimum atomic E-state index is -3.56. The van der Waals surface area contributed by atoms with Crippen molar-refractivity contribution in [2.24, 2.45) is 5.92 Å². The summed E-state index contributed by atoms with van der Waals surface area (Å²) in [6, 6.07) is 4.27. The predicted octanol–water partition coefficient (Wildman–Crippen LogP) is 3.24. The average Bonchev–Trinajstić information content (AvgIpc) is 3.17. The lowest BCUT2D eigenvalue weighted by Gasteiger charge is -2.36. The number of piperidine rings is 1. The van der Waals surface area contributed by atoms with Gasteiger partial charge in [0.05, 0.1) is 7.11 Å². The van der Waals surface area contributed by atoms with Gasteiger partial charge in [-0.1, -0.05) is 12.8 Å². The minimum absolute atomic E-state index is 0.242. The highest BCUT2D eigenvalue weighted by Gasteiger charge is 2.28. The van der Waals surface area contributed by atoms with Crippen molar-refractivity contribution in [3.8, 4) is 5.75 Å². The molecule has 1 saturated carbocycles. The van der Waals surface area contributed by atoms with Gasteiger partial charge in [0.2, 0.25) is 10.0 Å². The zero-order valence-corrected chi connectivity index (χ0v) is 17.1. The fourth-order valence-corrected chi connectivity index (χ4v) is 5.58. The molecule has 1 aromatic rings. The maximum atomic E-state index is 12.8. The molecule has 26 heavy (non-hydrogen) atoms. The Labute approximate surface area is 158 Å². The molecule has 1 aliphatic heterocycles. The van der Waals surface area contributed by atoms with Crippen LogP contribution < -0.4 is 9.46 Å². The van der Waals surface area contributed by atoms with E-state index in [-0.39, 0.29) is 4.90 Å². The topological polar surface area (TPSA) is 58.6 Å². The second-order valence-corrected chi connectivity index (χ2v) is 9.59. The molecule has 5 nitrogen and oxygen atoms in total. The lowest BCUT2D eigenvalue weighted by atomic mass is 9.96. The number of hydrogen-bond acceptors (Lipinski definition) is 4. The number of likely N-dealkylation sites (tertiary alicyclic amines) is 1. The summed E-state index contributed by atoms with van der Waals surface area (Å²) in [5.41, 5.74) is 1.98. The first-order valence-electron chi connectivity index (χ1n) is 9.79. The standard InChI is InChI=1S/C20H32N2O3S/c1-15-12-19(25-3)20(13-16(15)2)26(23,24)21-14-17-8-10-22(11-9-17)18-6-4-5-7-18/h12-13,17-18,21H,4-11,14H2,1-3H3. The first-order valence-corrected chi connectivity index (χ1v) is 11.3. The summed E-state index contributed by atoms with van der Waals surface area (Å²) in [4.78, 5) is 2.86. The molecule has 1 aromatic carbocycles. The van der Waals surface area contributed by atoms with E-state index < -0.39 is 10.0 Å². The van der Waals surface area contributed by atoms with Gasteiger partial charge in [-0.25, -0.2) is 13.1 Å². The van der Waals surface area contributed by atoms with Gasteiger partial charge in [0.25, 0.3) is 0 Å². The SMILES string of the molecule is COc1cc(C)c(C)cc1S(=O)(=O)NCC1CCN(C2CCCC2)CC1. The van der Waals surface area contributed by atoms with E-state index in [1.165, 1.54) is 32.8 Å². The summed E-state index contributed by atoms with van der Waals surface area (Å²) in [7, 11) is -2.04. The monoisotopic (exact) mass is 380 g/mol. The number of sulfonamides is 1. The number of methoxy groups -OCH3 is 1. The Bertz CT molecular complexity index is 719. The van der Waals surface area contributed by atoms with Gasteiger partial charge in [0.1, 0.15) is 10.6 Å². The minimum Gasteiger partial charge on any atom is -0.495 e. The van der Waals surface area contributed by atoms with Crippen LogP contribution in [0.15, 0.2) is 17.0 Å². The Balaban J connectivity index is 1.58. The fraction of sp³-hybridized carbons (Fsp3) is 0.700. The van der Waals surface area contributed by atoms with E-state index in [4.69, 9.17) is 4.74 Å². The van der Waals surface area contributed by atoms with Gasteiger partial charge < -0.3 is 9.64 Å². The zero-order valence-electron chi connectivity index (χ0n) is 16.3. The summed E-state index contributed by atoms with van der Waals surface area (Å²) in [6.45, 7) is 6.59. The molecule has 1 aliphatic carbocycles. The molecule has 2 fully saturated rings. The van der Waals surface area contributed by atoms with E-state index in [2.05, 4.69) is 9.62 Å². The van der Waals surface area contributed by atoms with Gasteiger partial charge in [-0.3, -0.25) is 0 Å². The van der Waals surface area contributed by atoms with Crippen LogP contribution in [0.2, 0.25) is 0 Å². The molecule has 1 heterocycles. The summed E-state index contributed by atoms with van der Waals surface area (Å²) >= 11 is 0. The van der Waals surface area contributed by atoms with Crippen LogP contribution in [0, 0.1) is 19.8 Å². The second-order valence-electron chi connectivity index (χ2n) is 7.86. The Morgan fingerprint density at radius 1 is 1.08 bits per heavy atom. The molecule has 0 radical (unpaired) electrons. The summed E-state index contributed by atoms with van der Waals surface area (Å²) in [5.74, 6) is 0.830. The van der Waals surface area contributed by atoms with Crippen molar-refractivity contribution in [2.45, 2.75) is 63.3 Å². The van der Waals surface area contributed by atoms with Gasteiger partial charge in [-0.2, -0.15) is 0 Å². The van der Waals surface area contributed by atoms with Crippen molar-refractivity contribution >= 4 is 10.0 Å². The summed E-state index contributed by atoms with van der Waals surface area (Å²) < 4.78 is 33.7. The van der Waals surface area contributed by atoms with Crippen LogP contribution in [0.3, 0.4) is 0 Å². The van der Waals surface area contributed by atoms with Crippen LogP contribution in [0.1, 0.15) is 49.7 Å². The van der Waals surface area contributed by atoms with Gasteiger partial charge in [-0.15, -0.1) is 0 Å². The normalized spacial score (nSPS) is 20.6. The Morgan fingerprint density at radius 3 is 2.31 bits per heavy atom. The fourth-order valence-electron chi connectivity index (χ4n) is 4.23. The van der Waals surface area contributed by atoms with E-state index in [9.17, 15) is 8.42 Å². The molecule has 0 atom stereocenters. The highest BCUT2D eigenvalue weighted by Crippen LogP contribution is 2.29. The third-order valence-electron chi connectivity index (χ3n) is 6.12. The molecule has 1 saturated heterocycles. The average molecular weight is 381 g/mol. The van der Waals surface area contributed by atoms with E-state index in [0.29, 0.717) is 18.2 Å². The van der Waals surface area contributed by atoms with Gasteiger partial charge in [-0.05, 0) is 81.8 Å². The molecule has 6 heteroatoms. The molecule has 0 amide bonds. The maximum Gasteiger partial charge on any atom is 0.244 e. The van der Waals surface area contributed by atoms with E-state index in [0.717, 1.165) is 43.1 Å².